The van der Waals surface area contributed by atoms with Gasteiger partial charge in [0.2, 0.25) is 0 Å². The van der Waals surface area contributed by atoms with Gasteiger partial charge < -0.3 is 4.74 Å². The van der Waals surface area contributed by atoms with E-state index in [0.717, 1.165) is 52.7 Å². The first-order valence-corrected chi connectivity index (χ1v) is 8.25. The number of aryl methyl sites for hydroxylation is 1. The van der Waals surface area contributed by atoms with Crippen LogP contribution in [0.5, 0.6) is 5.75 Å². The van der Waals surface area contributed by atoms with Crippen LogP contribution < -0.4 is 4.74 Å². The van der Waals surface area contributed by atoms with Gasteiger partial charge >= 0.3 is 0 Å². The monoisotopic (exact) mass is 366 g/mol. The highest BCUT2D eigenvalue weighted by Gasteiger charge is 2.18. The molecule has 2 aromatic rings. The summed E-state index contributed by atoms with van der Waals surface area (Å²) >= 11 is 9.89. The fourth-order valence-corrected chi connectivity index (χ4v) is 3.35. The van der Waals surface area contributed by atoms with Crippen molar-refractivity contribution in [2.75, 3.05) is 7.11 Å². The molecule has 0 saturated carbocycles. The van der Waals surface area contributed by atoms with E-state index in [1.165, 1.54) is 6.42 Å². The van der Waals surface area contributed by atoms with Gasteiger partial charge in [-0.1, -0.05) is 34.0 Å². The Morgan fingerprint density at radius 1 is 1.14 bits per heavy atom. The number of rotatable bonds is 2. The van der Waals surface area contributed by atoms with Crippen molar-refractivity contribution in [1.29, 1.82) is 0 Å². The molecule has 0 radical (unpaired) electrons. The summed E-state index contributed by atoms with van der Waals surface area (Å²) < 4.78 is 6.39. The SMILES string of the molecule is COc1ccc(Br)cc1-c1nc(Cl)c2c(n1)CCCCC2. The Hall–Kier alpha value is -1.13. The first kappa shape index (κ1) is 14.8. The minimum Gasteiger partial charge on any atom is -0.496 e. The number of aromatic nitrogens is 2. The lowest BCUT2D eigenvalue weighted by molar-refractivity contribution is 0.416. The van der Waals surface area contributed by atoms with E-state index in [9.17, 15) is 0 Å². The third kappa shape index (κ3) is 3.06. The van der Waals surface area contributed by atoms with Crippen LogP contribution in [-0.4, -0.2) is 17.1 Å². The van der Waals surface area contributed by atoms with Crippen molar-refractivity contribution in [3.63, 3.8) is 0 Å². The Kier molecular flexibility index (Phi) is 4.45. The summed E-state index contributed by atoms with van der Waals surface area (Å²) in [7, 11) is 1.65. The van der Waals surface area contributed by atoms with Crippen molar-refractivity contribution < 1.29 is 4.74 Å². The van der Waals surface area contributed by atoms with Crippen LogP contribution >= 0.6 is 27.5 Å². The van der Waals surface area contributed by atoms with Crippen LogP contribution in [0.3, 0.4) is 0 Å². The number of benzene rings is 1. The zero-order valence-corrected chi connectivity index (χ0v) is 14.2. The summed E-state index contributed by atoms with van der Waals surface area (Å²) in [5, 5.41) is 0.582. The summed E-state index contributed by atoms with van der Waals surface area (Å²) in [6, 6.07) is 5.81. The number of methoxy groups -OCH3 is 1. The summed E-state index contributed by atoms with van der Waals surface area (Å²) in [6.07, 6.45) is 5.50. The second-order valence-corrected chi connectivity index (χ2v) is 6.44. The van der Waals surface area contributed by atoms with E-state index < -0.39 is 0 Å². The van der Waals surface area contributed by atoms with Crippen LogP contribution in [0.1, 0.15) is 30.5 Å². The second kappa shape index (κ2) is 6.32. The molecule has 0 bridgehead atoms. The van der Waals surface area contributed by atoms with Gasteiger partial charge in [0.15, 0.2) is 5.82 Å². The molecule has 21 heavy (non-hydrogen) atoms. The quantitative estimate of drug-likeness (QED) is 0.563. The summed E-state index contributed by atoms with van der Waals surface area (Å²) in [5.74, 6) is 1.39. The van der Waals surface area contributed by atoms with E-state index in [1.54, 1.807) is 7.11 Å². The van der Waals surface area contributed by atoms with E-state index in [2.05, 4.69) is 20.9 Å². The van der Waals surface area contributed by atoms with Crippen LogP contribution in [0.2, 0.25) is 5.15 Å². The lowest BCUT2D eigenvalue weighted by Crippen LogP contribution is -2.03. The molecule has 1 aromatic carbocycles. The molecule has 3 nitrogen and oxygen atoms in total. The Bertz CT molecular complexity index is 676. The van der Waals surface area contributed by atoms with Crippen LogP contribution in [0.25, 0.3) is 11.4 Å². The fourth-order valence-electron chi connectivity index (χ4n) is 2.70. The average Bonchev–Trinajstić information content (AvgIpc) is 2.73. The third-order valence-corrected chi connectivity index (χ3v) is 4.59. The van der Waals surface area contributed by atoms with Crippen molar-refractivity contribution in [2.45, 2.75) is 32.1 Å². The van der Waals surface area contributed by atoms with E-state index in [-0.39, 0.29) is 0 Å². The normalized spacial score (nSPS) is 14.4. The Morgan fingerprint density at radius 2 is 1.95 bits per heavy atom. The molecule has 0 fully saturated rings. The minimum atomic E-state index is 0.582. The highest BCUT2D eigenvalue weighted by molar-refractivity contribution is 9.10. The van der Waals surface area contributed by atoms with Gasteiger partial charge in [0.05, 0.1) is 12.7 Å². The Morgan fingerprint density at radius 3 is 2.76 bits per heavy atom. The maximum atomic E-state index is 6.40. The van der Waals surface area contributed by atoms with Crippen molar-refractivity contribution in [3.8, 4) is 17.1 Å². The van der Waals surface area contributed by atoms with E-state index >= 15 is 0 Å². The van der Waals surface area contributed by atoms with Gasteiger partial charge in [-0.2, -0.15) is 0 Å². The van der Waals surface area contributed by atoms with Crippen LogP contribution in [0, 0.1) is 0 Å². The highest BCUT2D eigenvalue weighted by atomic mass is 79.9. The van der Waals surface area contributed by atoms with Gasteiger partial charge in [-0.05, 0) is 43.9 Å². The third-order valence-electron chi connectivity index (χ3n) is 3.79. The van der Waals surface area contributed by atoms with Gasteiger partial charge in [-0.3, -0.25) is 0 Å². The predicted molar refractivity (Wildman–Crippen MR) is 88.0 cm³/mol. The number of halogens is 2. The predicted octanol–water partition coefficient (Wildman–Crippen LogP) is 4.84. The molecule has 0 spiro atoms. The maximum Gasteiger partial charge on any atom is 0.164 e. The molecule has 0 unspecified atom stereocenters. The number of hydrogen-bond donors (Lipinski definition) is 0. The first-order chi connectivity index (χ1) is 10.2. The lowest BCUT2D eigenvalue weighted by atomic mass is 10.1. The zero-order valence-electron chi connectivity index (χ0n) is 11.8. The molecule has 1 aliphatic carbocycles. The van der Waals surface area contributed by atoms with E-state index in [1.807, 2.05) is 18.2 Å². The Balaban J connectivity index is 2.13. The van der Waals surface area contributed by atoms with Gasteiger partial charge in [-0.25, -0.2) is 9.97 Å². The molecule has 0 amide bonds. The molecule has 110 valence electrons. The molecule has 0 aliphatic heterocycles. The standard InChI is InChI=1S/C16H16BrClN2O/c1-21-14-8-7-10(17)9-12(14)16-19-13-6-4-2-3-5-11(13)15(18)20-16/h7-9H,2-6H2,1H3. The molecular weight excluding hydrogens is 352 g/mol. The zero-order chi connectivity index (χ0) is 14.8. The van der Waals surface area contributed by atoms with Gasteiger partial charge in [0, 0.05) is 15.7 Å². The van der Waals surface area contributed by atoms with Crippen LogP contribution in [0.4, 0.5) is 0 Å². The number of ether oxygens (including phenoxy) is 1. The smallest absolute Gasteiger partial charge is 0.164 e. The molecular formula is C16H16BrClN2O. The molecule has 0 N–H and O–H groups in total. The molecule has 5 heteroatoms. The largest absolute Gasteiger partial charge is 0.496 e. The summed E-state index contributed by atoms with van der Waals surface area (Å²) in [4.78, 5) is 9.26. The number of hydrogen-bond acceptors (Lipinski definition) is 3. The topological polar surface area (TPSA) is 35.0 Å². The molecule has 1 aromatic heterocycles. The second-order valence-electron chi connectivity index (χ2n) is 5.17. The molecule has 1 heterocycles. The molecule has 3 rings (SSSR count). The first-order valence-electron chi connectivity index (χ1n) is 7.08. The van der Waals surface area contributed by atoms with E-state index in [0.29, 0.717) is 11.0 Å². The van der Waals surface area contributed by atoms with Gasteiger partial charge in [-0.15, -0.1) is 0 Å². The molecule has 0 atom stereocenters. The van der Waals surface area contributed by atoms with Crippen molar-refractivity contribution in [3.05, 3.63) is 39.1 Å². The number of nitrogens with zero attached hydrogens (tertiary/aromatic N) is 2. The van der Waals surface area contributed by atoms with E-state index in [4.69, 9.17) is 21.3 Å². The van der Waals surface area contributed by atoms with Crippen molar-refractivity contribution >= 4 is 27.5 Å². The highest BCUT2D eigenvalue weighted by Crippen LogP contribution is 2.33. The average molecular weight is 368 g/mol. The Labute approximate surface area is 137 Å². The van der Waals surface area contributed by atoms with Crippen LogP contribution in [0.15, 0.2) is 22.7 Å². The number of fused-ring (bicyclic) bond motifs is 1. The summed E-state index contributed by atoms with van der Waals surface area (Å²) in [6.45, 7) is 0. The maximum absolute atomic E-state index is 6.40. The van der Waals surface area contributed by atoms with Crippen molar-refractivity contribution in [2.24, 2.45) is 0 Å². The van der Waals surface area contributed by atoms with Crippen molar-refractivity contribution in [1.82, 2.24) is 9.97 Å². The molecule has 0 saturated heterocycles. The minimum absolute atomic E-state index is 0.582. The van der Waals surface area contributed by atoms with Crippen LogP contribution in [-0.2, 0) is 12.8 Å². The lowest BCUT2D eigenvalue weighted by Gasteiger charge is -2.12. The van der Waals surface area contributed by atoms with Gasteiger partial charge in [0.25, 0.3) is 0 Å². The fraction of sp³-hybridized carbons (Fsp3) is 0.375. The molecule has 1 aliphatic rings. The van der Waals surface area contributed by atoms with Gasteiger partial charge in [0.1, 0.15) is 10.9 Å². The summed E-state index contributed by atoms with van der Waals surface area (Å²) in [5.41, 5.74) is 3.07.